The van der Waals surface area contributed by atoms with Crippen molar-refractivity contribution in [1.29, 1.82) is 0 Å². The fraction of sp³-hybridized carbons (Fsp3) is 0.158. The van der Waals surface area contributed by atoms with Crippen LogP contribution in [-0.4, -0.2) is 29.1 Å². The average molecular weight is 369 g/mol. The molecule has 138 valence electrons. The minimum absolute atomic E-state index is 0.124. The van der Waals surface area contributed by atoms with E-state index in [1.807, 2.05) is 6.92 Å². The van der Waals surface area contributed by atoms with Gasteiger partial charge in [0.05, 0.1) is 18.5 Å². The Balaban J connectivity index is 1.61. The number of aromatic nitrogens is 2. The molecule has 4 rings (SSSR count). The molecular formula is C19H16FN3O4. The maximum absolute atomic E-state index is 13.1. The van der Waals surface area contributed by atoms with Crippen molar-refractivity contribution in [3.8, 4) is 22.9 Å². The van der Waals surface area contributed by atoms with Gasteiger partial charge < -0.3 is 19.5 Å². The highest BCUT2D eigenvalue weighted by Crippen LogP contribution is 2.34. The molecule has 0 saturated carbocycles. The summed E-state index contributed by atoms with van der Waals surface area (Å²) in [5.41, 5.74) is 1.28. The van der Waals surface area contributed by atoms with Crippen LogP contribution in [0.1, 0.15) is 17.4 Å². The van der Waals surface area contributed by atoms with Gasteiger partial charge in [0.1, 0.15) is 5.82 Å². The first-order valence-electron chi connectivity index (χ1n) is 8.33. The zero-order chi connectivity index (χ0) is 18.8. The van der Waals surface area contributed by atoms with Crippen molar-refractivity contribution in [2.75, 3.05) is 18.7 Å². The molecule has 0 fully saturated rings. The number of amides is 1. The number of benzene rings is 2. The number of rotatable bonds is 5. The van der Waals surface area contributed by atoms with Gasteiger partial charge in [-0.3, -0.25) is 4.79 Å². The van der Waals surface area contributed by atoms with Gasteiger partial charge >= 0.3 is 0 Å². The molecule has 0 spiro atoms. The molecule has 1 aliphatic heterocycles. The molecule has 1 aliphatic rings. The van der Waals surface area contributed by atoms with Gasteiger partial charge in [0.2, 0.25) is 6.79 Å². The van der Waals surface area contributed by atoms with E-state index < -0.39 is 5.91 Å². The third-order valence-electron chi connectivity index (χ3n) is 3.92. The fourth-order valence-corrected chi connectivity index (χ4v) is 2.67. The van der Waals surface area contributed by atoms with E-state index in [4.69, 9.17) is 14.2 Å². The number of nitrogens with one attached hydrogen (secondary N) is 1. The van der Waals surface area contributed by atoms with E-state index in [0.717, 1.165) is 0 Å². The third-order valence-corrected chi connectivity index (χ3v) is 3.92. The van der Waals surface area contributed by atoms with Crippen molar-refractivity contribution < 1.29 is 23.4 Å². The Labute approximate surface area is 154 Å². The van der Waals surface area contributed by atoms with Gasteiger partial charge in [-0.1, -0.05) is 0 Å². The molecule has 0 bridgehead atoms. The molecule has 0 unspecified atom stereocenters. The highest BCUT2D eigenvalue weighted by molar-refractivity contribution is 6.04. The molecule has 27 heavy (non-hydrogen) atoms. The van der Waals surface area contributed by atoms with Gasteiger partial charge in [0.15, 0.2) is 22.9 Å². The Bertz CT molecular complexity index is 985. The number of carbonyl (C=O) groups excluding carboxylic acids is 1. The van der Waals surface area contributed by atoms with Crippen LogP contribution in [0.5, 0.6) is 17.2 Å². The van der Waals surface area contributed by atoms with Gasteiger partial charge in [-0.25, -0.2) is 9.07 Å². The topological polar surface area (TPSA) is 74.6 Å². The smallest absolute Gasteiger partial charge is 0.280 e. The van der Waals surface area contributed by atoms with E-state index in [-0.39, 0.29) is 18.3 Å². The number of nitrogens with zero attached hydrogens (tertiary/aromatic N) is 2. The number of anilines is 1. The standard InChI is InChI=1S/C19H16FN3O4/c1-2-25-17-10-23(14-6-3-12(20)4-7-14)22-18(17)19(24)21-13-5-8-15-16(9-13)27-11-26-15/h3-10H,2,11H2,1H3,(H,21,24). The van der Waals surface area contributed by atoms with Crippen molar-refractivity contribution >= 4 is 11.6 Å². The van der Waals surface area contributed by atoms with Crippen LogP contribution in [0.2, 0.25) is 0 Å². The minimum Gasteiger partial charge on any atom is -0.490 e. The lowest BCUT2D eigenvalue weighted by molar-refractivity contribution is 0.101. The first-order valence-corrected chi connectivity index (χ1v) is 8.33. The van der Waals surface area contributed by atoms with Crippen LogP contribution >= 0.6 is 0 Å². The number of hydrogen-bond donors (Lipinski definition) is 1. The Morgan fingerprint density at radius 3 is 2.78 bits per heavy atom. The summed E-state index contributed by atoms with van der Waals surface area (Å²) in [6, 6.07) is 10.9. The van der Waals surface area contributed by atoms with Crippen LogP contribution in [0, 0.1) is 5.82 Å². The summed E-state index contributed by atoms with van der Waals surface area (Å²) in [6.45, 7) is 2.34. The lowest BCUT2D eigenvalue weighted by atomic mass is 10.2. The van der Waals surface area contributed by atoms with Crippen LogP contribution in [0.4, 0.5) is 10.1 Å². The molecule has 1 aromatic heterocycles. The summed E-state index contributed by atoms with van der Waals surface area (Å²) in [6.07, 6.45) is 1.59. The summed E-state index contributed by atoms with van der Waals surface area (Å²) in [5, 5.41) is 7.07. The quantitative estimate of drug-likeness (QED) is 0.746. The summed E-state index contributed by atoms with van der Waals surface area (Å²) in [4.78, 5) is 12.7. The SMILES string of the molecule is CCOc1cn(-c2ccc(F)cc2)nc1C(=O)Nc1ccc2c(c1)OCO2. The Hall–Kier alpha value is -3.55. The van der Waals surface area contributed by atoms with Gasteiger partial charge in [-0.05, 0) is 43.3 Å². The number of ether oxygens (including phenoxy) is 3. The Morgan fingerprint density at radius 1 is 1.22 bits per heavy atom. The van der Waals surface area contributed by atoms with E-state index in [0.29, 0.717) is 35.2 Å². The summed E-state index contributed by atoms with van der Waals surface area (Å²) >= 11 is 0. The predicted octanol–water partition coefficient (Wildman–Crippen LogP) is 3.39. The largest absolute Gasteiger partial charge is 0.490 e. The maximum atomic E-state index is 13.1. The highest BCUT2D eigenvalue weighted by Gasteiger charge is 2.20. The maximum Gasteiger partial charge on any atom is 0.280 e. The van der Waals surface area contributed by atoms with Gasteiger partial charge in [0, 0.05) is 11.8 Å². The lowest BCUT2D eigenvalue weighted by Crippen LogP contribution is -2.14. The Morgan fingerprint density at radius 2 is 2.00 bits per heavy atom. The average Bonchev–Trinajstić information content (AvgIpc) is 3.29. The molecule has 1 amide bonds. The van der Waals surface area contributed by atoms with Crippen molar-refractivity contribution in [3.05, 3.63) is 60.2 Å². The second-order valence-electron chi connectivity index (χ2n) is 5.72. The number of hydrogen-bond acceptors (Lipinski definition) is 5. The van der Waals surface area contributed by atoms with E-state index in [1.165, 1.54) is 16.8 Å². The molecule has 0 atom stereocenters. The molecule has 8 heteroatoms. The molecule has 3 aromatic rings. The van der Waals surface area contributed by atoms with Crippen LogP contribution in [0.3, 0.4) is 0 Å². The minimum atomic E-state index is -0.432. The Kier molecular flexibility index (Phi) is 4.37. The van der Waals surface area contributed by atoms with E-state index in [2.05, 4.69) is 10.4 Å². The van der Waals surface area contributed by atoms with Crippen LogP contribution < -0.4 is 19.5 Å². The second kappa shape index (κ2) is 6.99. The van der Waals surface area contributed by atoms with Crippen molar-refractivity contribution in [2.24, 2.45) is 0 Å². The van der Waals surface area contributed by atoms with Crippen LogP contribution in [0.15, 0.2) is 48.7 Å². The van der Waals surface area contributed by atoms with Crippen LogP contribution in [0.25, 0.3) is 5.69 Å². The first kappa shape index (κ1) is 16.9. The summed E-state index contributed by atoms with van der Waals surface area (Å²) < 4.78 is 30.7. The molecular weight excluding hydrogens is 353 g/mol. The van der Waals surface area contributed by atoms with Crippen LogP contribution in [-0.2, 0) is 0 Å². The number of fused-ring (bicyclic) bond motifs is 1. The zero-order valence-corrected chi connectivity index (χ0v) is 14.4. The molecule has 7 nitrogen and oxygen atoms in total. The van der Waals surface area contributed by atoms with E-state index in [9.17, 15) is 9.18 Å². The second-order valence-corrected chi connectivity index (χ2v) is 5.72. The molecule has 2 heterocycles. The predicted molar refractivity (Wildman–Crippen MR) is 95.2 cm³/mol. The fourth-order valence-electron chi connectivity index (χ4n) is 2.67. The monoisotopic (exact) mass is 369 g/mol. The molecule has 0 aliphatic carbocycles. The third kappa shape index (κ3) is 3.41. The lowest BCUT2D eigenvalue weighted by Gasteiger charge is -2.06. The number of carbonyl (C=O) groups is 1. The summed E-state index contributed by atoms with van der Waals surface area (Å²) in [5.74, 6) is 0.744. The summed E-state index contributed by atoms with van der Waals surface area (Å²) in [7, 11) is 0. The van der Waals surface area contributed by atoms with Gasteiger partial charge in [0.25, 0.3) is 5.91 Å². The molecule has 0 radical (unpaired) electrons. The molecule has 2 aromatic carbocycles. The molecule has 1 N–H and O–H groups in total. The van der Waals surface area contributed by atoms with E-state index >= 15 is 0 Å². The van der Waals surface area contributed by atoms with Gasteiger partial charge in [-0.2, -0.15) is 5.10 Å². The van der Waals surface area contributed by atoms with E-state index in [1.54, 1.807) is 36.5 Å². The zero-order valence-electron chi connectivity index (χ0n) is 14.4. The first-order chi connectivity index (χ1) is 13.1. The van der Waals surface area contributed by atoms with Crippen molar-refractivity contribution in [2.45, 2.75) is 6.92 Å². The van der Waals surface area contributed by atoms with Crippen molar-refractivity contribution in [1.82, 2.24) is 9.78 Å². The molecule has 0 saturated heterocycles. The highest BCUT2D eigenvalue weighted by atomic mass is 19.1. The van der Waals surface area contributed by atoms with Gasteiger partial charge in [-0.15, -0.1) is 0 Å². The normalized spacial score (nSPS) is 12.1. The number of halogens is 1. The van der Waals surface area contributed by atoms with Crippen molar-refractivity contribution in [3.63, 3.8) is 0 Å².